The van der Waals surface area contributed by atoms with E-state index in [2.05, 4.69) is 34.5 Å². The number of carbonyl (C=O) groups excluding carboxylic acids is 1. The molecule has 0 spiro atoms. The number of benzene rings is 2. The van der Waals surface area contributed by atoms with E-state index in [0.717, 1.165) is 15.8 Å². The average Bonchev–Trinajstić information content (AvgIpc) is 3.27. The van der Waals surface area contributed by atoms with Gasteiger partial charge in [0.2, 0.25) is 5.91 Å². The highest BCUT2D eigenvalue weighted by molar-refractivity contribution is 8.15. The van der Waals surface area contributed by atoms with Crippen LogP contribution in [-0.2, 0) is 11.3 Å². The molecule has 1 saturated heterocycles. The number of hydrogen-bond donors (Lipinski definition) is 0. The summed E-state index contributed by atoms with van der Waals surface area (Å²) in [6.45, 7) is 0.514. The lowest BCUT2D eigenvalue weighted by Gasteiger charge is -2.16. The number of thioether (sulfide) groups is 1. The van der Waals surface area contributed by atoms with Gasteiger partial charge >= 0.3 is 0 Å². The molecule has 2 heterocycles. The van der Waals surface area contributed by atoms with Gasteiger partial charge in [0.15, 0.2) is 5.17 Å². The first kappa shape index (κ1) is 16.1. The van der Waals surface area contributed by atoms with Gasteiger partial charge in [0.1, 0.15) is 0 Å². The van der Waals surface area contributed by atoms with E-state index in [1.165, 1.54) is 17.1 Å². The molecule has 1 aliphatic rings. The Morgan fingerprint density at radius 2 is 1.96 bits per heavy atom. The molecule has 0 unspecified atom stereocenters. The van der Waals surface area contributed by atoms with Crippen molar-refractivity contribution in [2.45, 2.75) is 6.54 Å². The summed E-state index contributed by atoms with van der Waals surface area (Å²) in [5, 5.41) is 13.4. The average molecular weight is 365 g/mol. The Morgan fingerprint density at radius 3 is 2.84 bits per heavy atom. The minimum atomic E-state index is 0.0722. The Kier molecular flexibility index (Phi) is 4.63. The van der Waals surface area contributed by atoms with Crippen molar-refractivity contribution < 1.29 is 4.79 Å². The van der Waals surface area contributed by atoms with Crippen LogP contribution in [0.15, 0.2) is 70.2 Å². The number of hydrogen-bond acceptors (Lipinski definition) is 5. The fraction of sp³-hybridized carbons (Fsp3) is 0.105. The van der Waals surface area contributed by atoms with E-state index in [1.54, 1.807) is 22.5 Å². The molecule has 0 bridgehead atoms. The van der Waals surface area contributed by atoms with Gasteiger partial charge in [-0.05, 0) is 27.8 Å². The Balaban J connectivity index is 1.60. The Bertz CT molecular complexity index is 958. The zero-order chi connectivity index (χ0) is 17.1. The summed E-state index contributed by atoms with van der Waals surface area (Å²) in [5.41, 5.74) is 1.11. The SMILES string of the molecule is O=C1CS/C(=N\N=C\c2cccs2)N1Cc1cccc2ccccc12. The van der Waals surface area contributed by atoms with Crippen LogP contribution in [0.3, 0.4) is 0 Å². The summed E-state index contributed by atoms with van der Waals surface area (Å²) in [6.07, 6.45) is 1.72. The van der Waals surface area contributed by atoms with Gasteiger partial charge in [-0.15, -0.1) is 16.4 Å². The van der Waals surface area contributed by atoms with Gasteiger partial charge in [0.25, 0.3) is 0 Å². The number of carbonyl (C=O) groups is 1. The maximum atomic E-state index is 12.3. The van der Waals surface area contributed by atoms with E-state index in [0.29, 0.717) is 17.5 Å². The standard InChI is InChI=1S/C19H15N3OS2/c23-18-13-25-19(21-20-11-16-8-4-10-24-16)22(18)12-15-7-3-6-14-5-1-2-9-17(14)15/h1-11H,12-13H2/b20-11+,21-19-. The molecule has 1 amide bonds. The normalized spacial score (nSPS) is 16.6. The van der Waals surface area contributed by atoms with Crippen LogP contribution in [0.1, 0.15) is 10.4 Å². The number of fused-ring (bicyclic) bond motifs is 1. The maximum Gasteiger partial charge on any atom is 0.239 e. The highest BCUT2D eigenvalue weighted by atomic mass is 32.2. The van der Waals surface area contributed by atoms with E-state index in [-0.39, 0.29) is 5.91 Å². The van der Waals surface area contributed by atoms with Gasteiger partial charge in [-0.3, -0.25) is 9.69 Å². The number of amidine groups is 1. The Labute approximate surface area is 153 Å². The second-order valence-electron chi connectivity index (χ2n) is 5.55. The fourth-order valence-electron chi connectivity index (χ4n) is 2.73. The molecule has 0 radical (unpaired) electrons. The summed E-state index contributed by atoms with van der Waals surface area (Å²) in [6, 6.07) is 18.3. The molecule has 4 nitrogen and oxygen atoms in total. The molecule has 1 aromatic heterocycles. The number of amides is 1. The monoisotopic (exact) mass is 365 g/mol. The molecule has 1 aliphatic heterocycles. The van der Waals surface area contributed by atoms with Gasteiger partial charge in [0.05, 0.1) is 18.5 Å². The van der Waals surface area contributed by atoms with Crippen LogP contribution < -0.4 is 0 Å². The van der Waals surface area contributed by atoms with Gasteiger partial charge in [-0.25, -0.2) is 0 Å². The van der Waals surface area contributed by atoms with Crippen LogP contribution >= 0.6 is 23.1 Å². The first-order chi connectivity index (χ1) is 12.3. The van der Waals surface area contributed by atoms with Crippen molar-refractivity contribution in [3.05, 3.63) is 70.4 Å². The van der Waals surface area contributed by atoms with Crippen molar-refractivity contribution in [2.24, 2.45) is 10.2 Å². The molecular weight excluding hydrogens is 350 g/mol. The summed E-state index contributed by atoms with van der Waals surface area (Å²) < 4.78 is 0. The summed E-state index contributed by atoms with van der Waals surface area (Å²) in [5.74, 6) is 0.487. The Morgan fingerprint density at radius 1 is 1.08 bits per heavy atom. The van der Waals surface area contributed by atoms with Gasteiger partial charge in [-0.2, -0.15) is 5.10 Å². The number of nitrogens with zero attached hydrogens (tertiary/aromatic N) is 3. The van der Waals surface area contributed by atoms with E-state index < -0.39 is 0 Å². The van der Waals surface area contributed by atoms with Crippen LogP contribution in [0.4, 0.5) is 0 Å². The molecule has 1 fully saturated rings. The molecule has 0 atom stereocenters. The van der Waals surface area contributed by atoms with Crippen molar-refractivity contribution in [3.63, 3.8) is 0 Å². The van der Waals surface area contributed by atoms with Crippen LogP contribution in [0.25, 0.3) is 10.8 Å². The van der Waals surface area contributed by atoms with E-state index in [4.69, 9.17) is 0 Å². The maximum absolute atomic E-state index is 12.3. The van der Waals surface area contributed by atoms with Crippen molar-refractivity contribution >= 4 is 51.2 Å². The van der Waals surface area contributed by atoms with Crippen molar-refractivity contribution in [1.82, 2.24) is 4.90 Å². The lowest BCUT2D eigenvalue weighted by Crippen LogP contribution is -2.28. The second-order valence-corrected chi connectivity index (χ2v) is 7.47. The first-order valence-electron chi connectivity index (χ1n) is 7.85. The van der Waals surface area contributed by atoms with E-state index in [1.807, 2.05) is 35.7 Å². The second kappa shape index (κ2) is 7.21. The quantitative estimate of drug-likeness (QED) is 0.509. The predicted molar refractivity (Wildman–Crippen MR) is 106 cm³/mol. The summed E-state index contributed by atoms with van der Waals surface area (Å²) >= 11 is 3.04. The molecule has 0 N–H and O–H groups in total. The third-order valence-corrected chi connectivity index (χ3v) is 5.69. The van der Waals surface area contributed by atoms with Crippen molar-refractivity contribution in [1.29, 1.82) is 0 Å². The third-order valence-electron chi connectivity index (χ3n) is 3.94. The summed E-state index contributed by atoms with van der Waals surface area (Å²) in [4.78, 5) is 15.1. The van der Waals surface area contributed by atoms with Crippen LogP contribution in [0.2, 0.25) is 0 Å². The third kappa shape index (κ3) is 3.50. The van der Waals surface area contributed by atoms with Gasteiger partial charge in [0, 0.05) is 4.88 Å². The highest BCUT2D eigenvalue weighted by Gasteiger charge is 2.28. The van der Waals surface area contributed by atoms with E-state index in [9.17, 15) is 4.79 Å². The van der Waals surface area contributed by atoms with Crippen molar-refractivity contribution in [2.75, 3.05) is 5.75 Å². The smallest absolute Gasteiger partial charge is 0.239 e. The molecule has 0 aliphatic carbocycles. The fourth-order valence-corrected chi connectivity index (χ4v) is 4.14. The Hall–Kier alpha value is -2.44. The molecule has 3 aromatic rings. The van der Waals surface area contributed by atoms with Gasteiger partial charge in [-0.1, -0.05) is 60.3 Å². The largest absolute Gasteiger partial charge is 0.285 e. The lowest BCUT2D eigenvalue weighted by molar-refractivity contribution is -0.124. The summed E-state index contributed by atoms with van der Waals surface area (Å²) in [7, 11) is 0. The predicted octanol–water partition coefficient (Wildman–Crippen LogP) is 4.37. The lowest BCUT2D eigenvalue weighted by atomic mass is 10.0. The van der Waals surface area contributed by atoms with Crippen LogP contribution in [0, 0.1) is 0 Å². The molecule has 4 rings (SSSR count). The molecule has 0 saturated carbocycles. The minimum Gasteiger partial charge on any atom is -0.285 e. The van der Waals surface area contributed by atoms with E-state index >= 15 is 0 Å². The molecule has 6 heteroatoms. The van der Waals surface area contributed by atoms with Gasteiger partial charge < -0.3 is 0 Å². The number of rotatable bonds is 4. The molecule has 124 valence electrons. The van der Waals surface area contributed by atoms with Crippen molar-refractivity contribution in [3.8, 4) is 0 Å². The topological polar surface area (TPSA) is 45.0 Å². The molecular formula is C19H15N3OS2. The van der Waals surface area contributed by atoms with Crippen LogP contribution in [0.5, 0.6) is 0 Å². The molecule has 2 aromatic carbocycles. The number of thiophene rings is 1. The van der Waals surface area contributed by atoms with Crippen LogP contribution in [-0.4, -0.2) is 27.9 Å². The minimum absolute atomic E-state index is 0.0722. The molecule has 25 heavy (non-hydrogen) atoms. The zero-order valence-electron chi connectivity index (χ0n) is 13.3. The highest BCUT2D eigenvalue weighted by Crippen LogP contribution is 2.25. The zero-order valence-corrected chi connectivity index (χ0v) is 15.0. The first-order valence-corrected chi connectivity index (χ1v) is 9.72.